The zero-order valence-electron chi connectivity index (χ0n) is 15.1. The third-order valence-corrected chi connectivity index (χ3v) is 4.23. The summed E-state index contributed by atoms with van der Waals surface area (Å²) in [6, 6.07) is 13.5. The fourth-order valence-corrected chi connectivity index (χ4v) is 2.90. The summed E-state index contributed by atoms with van der Waals surface area (Å²) in [5.41, 5.74) is 2.74. The van der Waals surface area contributed by atoms with Gasteiger partial charge in [0.1, 0.15) is 11.5 Å². The van der Waals surface area contributed by atoms with Gasteiger partial charge < -0.3 is 14.5 Å². The van der Waals surface area contributed by atoms with Gasteiger partial charge in [-0.15, -0.1) is 0 Å². The Morgan fingerprint density at radius 3 is 2.60 bits per heavy atom. The van der Waals surface area contributed by atoms with Gasteiger partial charge in [0.15, 0.2) is 0 Å². The Bertz CT molecular complexity index is 903. The van der Waals surface area contributed by atoms with E-state index in [1.54, 1.807) is 13.2 Å². The van der Waals surface area contributed by atoms with Crippen molar-refractivity contribution in [1.29, 1.82) is 0 Å². The third kappa shape index (κ3) is 3.68. The average Bonchev–Trinajstić information content (AvgIpc) is 2.97. The first-order valence-electron chi connectivity index (χ1n) is 8.32. The minimum absolute atomic E-state index is 0.162. The lowest BCUT2D eigenvalue weighted by Gasteiger charge is -2.23. The molecule has 1 aromatic heterocycles. The highest BCUT2D eigenvalue weighted by Crippen LogP contribution is 2.34. The average molecular weight is 337 g/mol. The van der Waals surface area contributed by atoms with Crippen molar-refractivity contribution in [3.05, 3.63) is 59.8 Å². The Kier molecular flexibility index (Phi) is 4.53. The van der Waals surface area contributed by atoms with Gasteiger partial charge in [-0.2, -0.15) is 0 Å². The van der Waals surface area contributed by atoms with E-state index < -0.39 is 0 Å². The summed E-state index contributed by atoms with van der Waals surface area (Å²) in [5, 5.41) is 1.05. The molecule has 0 fully saturated rings. The minimum atomic E-state index is -0.277. The molecule has 2 aromatic carbocycles. The van der Waals surface area contributed by atoms with Crippen molar-refractivity contribution >= 4 is 16.9 Å². The second-order valence-electron chi connectivity index (χ2n) is 7.12. The summed E-state index contributed by atoms with van der Waals surface area (Å²) in [4.78, 5) is 15.7. The molecule has 3 aromatic rings. The maximum absolute atomic E-state index is 12.5. The lowest BCUT2D eigenvalue weighted by atomic mass is 9.86. The molecule has 25 heavy (non-hydrogen) atoms. The first kappa shape index (κ1) is 17.1. The van der Waals surface area contributed by atoms with Gasteiger partial charge in [-0.1, -0.05) is 39.0 Å². The molecule has 130 valence electrons. The van der Waals surface area contributed by atoms with Gasteiger partial charge in [0.2, 0.25) is 0 Å². The SMILES string of the molecule is COc1ccc(OC(=O)Cc2c[nH]c3ccccc23)c(C(C)(C)C)c1. The maximum atomic E-state index is 12.5. The summed E-state index contributed by atoms with van der Waals surface area (Å²) in [7, 11) is 1.63. The molecule has 1 heterocycles. The summed E-state index contributed by atoms with van der Waals surface area (Å²) < 4.78 is 11.0. The molecule has 1 N–H and O–H groups in total. The van der Waals surface area contributed by atoms with E-state index in [9.17, 15) is 4.79 Å². The van der Waals surface area contributed by atoms with Crippen LogP contribution in [0.1, 0.15) is 31.9 Å². The smallest absolute Gasteiger partial charge is 0.315 e. The third-order valence-electron chi connectivity index (χ3n) is 4.23. The van der Waals surface area contributed by atoms with E-state index in [-0.39, 0.29) is 17.8 Å². The van der Waals surface area contributed by atoms with E-state index in [4.69, 9.17) is 9.47 Å². The largest absolute Gasteiger partial charge is 0.497 e. The topological polar surface area (TPSA) is 51.3 Å². The zero-order chi connectivity index (χ0) is 18.0. The quantitative estimate of drug-likeness (QED) is 0.558. The van der Waals surface area contributed by atoms with E-state index in [1.165, 1.54) is 0 Å². The number of rotatable bonds is 4. The van der Waals surface area contributed by atoms with Crippen molar-refractivity contribution in [2.24, 2.45) is 0 Å². The molecule has 0 unspecified atom stereocenters. The van der Waals surface area contributed by atoms with Gasteiger partial charge in [-0.3, -0.25) is 4.79 Å². The van der Waals surface area contributed by atoms with Crippen LogP contribution in [0.25, 0.3) is 10.9 Å². The van der Waals surface area contributed by atoms with Crippen LogP contribution in [-0.4, -0.2) is 18.1 Å². The number of carbonyl (C=O) groups is 1. The summed E-state index contributed by atoms with van der Waals surface area (Å²) in [5.74, 6) is 1.06. The Morgan fingerprint density at radius 1 is 1.12 bits per heavy atom. The number of ether oxygens (including phenoxy) is 2. The van der Waals surface area contributed by atoms with Crippen molar-refractivity contribution in [3.8, 4) is 11.5 Å². The second-order valence-corrected chi connectivity index (χ2v) is 7.12. The van der Waals surface area contributed by atoms with E-state index >= 15 is 0 Å². The van der Waals surface area contributed by atoms with Crippen LogP contribution in [0, 0.1) is 0 Å². The number of aromatic amines is 1. The van der Waals surface area contributed by atoms with Crippen LogP contribution in [0.2, 0.25) is 0 Å². The van der Waals surface area contributed by atoms with E-state index in [0.29, 0.717) is 5.75 Å². The van der Waals surface area contributed by atoms with Crippen molar-refractivity contribution in [1.82, 2.24) is 4.98 Å². The highest BCUT2D eigenvalue weighted by Gasteiger charge is 2.22. The fourth-order valence-electron chi connectivity index (χ4n) is 2.90. The van der Waals surface area contributed by atoms with E-state index in [0.717, 1.165) is 27.8 Å². The Balaban J connectivity index is 1.83. The minimum Gasteiger partial charge on any atom is -0.497 e. The number of benzene rings is 2. The van der Waals surface area contributed by atoms with Crippen LogP contribution in [0.3, 0.4) is 0 Å². The monoisotopic (exact) mass is 337 g/mol. The number of carbonyl (C=O) groups excluding carboxylic acids is 1. The van der Waals surface area contributed by atoms with Crippen LogP contribution in [0.15, 0.2) is 48.7 Å². The van der Waals surface area contributed by atoms with E-state index in [1.807, 2.05) is 42.6 Å². The van der Waals surface area contributed by atoms with Crippen molar-refractivity contribution < 1.29 is 14.3 Å². The maximum Gasteiger partial charge on any atom is 0.315 e. The highest BCUT2D eigenvalue weighted by atomic mass is 16.5. The molecule has 0 saturated heterocycles. The van der Waals surface area contributed by atoms with Crippen molar-refractivity contribution in [2.45, 2.75) is 32.6 Å². The molecule has 0 aliphatic carbocycles. The molecule has 0 aliphatic heterocycles. The number of nitrogens with one attached hydrogen (secondary N) is 1. The van der Waals surface area contributed by atoms with Gasteiger partial charge in [0.05, 0.1) is 13.5 Å². The zero-order valence-corrected chi connectivity index (χ0v) is 15.1. The molecule has 4 nitrogen and oxygen atoms in total. The number of para-hydroxylation sites is 1. The number of methoxy groups -OCH3 is 1. The number of H-pyrrole nitrogens is 1. The number of hydrogen-bond acceptors (Lipinski definition) is 3. The molecular weight excluding hydrogens is 314 g/mol. The molecule has 0 spiro atoms. The highest BCUT2D eigenvalue weighted by molar-refractivity contribution is 5.87. The first-order valence-corrected chi connectivity index (χ1v) is 8.32. The number of esters is 1. The molecule has 0 saturated carbocycles. The van der Waals surface area contributed by atoms with Crippen LogP contribution in [0.4, 0.5) is 0 Å². The van der Waals surface area contributed by atoms with Crippen LogP contribution < -0.4 is 9.47 Å². The molecule has 4 heteroatoms. The molecule has 0 amide bonds. The van der Waals surface area contributed by atoms with Gasteiger partial charge in [0, 0.05) is 22.7 Å². The van der Waals surface area contributed by atoms with Gasteiger partial charge >= 0.3 is 5.97 Å². The Morgan fingerprint density at radius 2 is 1.88 bits per heavy atom. The first-order chi connectivity index (χ1) is 11.9. The standard InChI is InChI=1S/C21H23NO3/c1-21(2,3)17-12-15(24-4)9-10-19(17)25-20(23)11-14-13-22-18-8-6-5-7-16(14)18/h5-10,12-13,22H,11H2,1-4H3. The molecule has 0 aliphatic rings. The Hall–Kier alpha value is -2.75. The summed E-state index contributed by atoms with van der Waals surface area (Å²) in [6.07, 6.45) is 2.09. The van der Waals surface area contributed by atoms with Gasteiger partial charge in [0.25, 0.3) is 0 Å². The fraction of sp³-hybridized carbons (Fsp3) is 0.286. The van der Waals surface area contributed by atoms with Gasteiger partial charge in [-0.25, -0.2) is 0 Å². The van der Waals surface area contributed by atoms with Crippen molar-refractivity contribution in [3.63, 3.8) is 0 Å². The molecule has 0 bridgehead atoms. The number of aromatic nitrogens is 1. The van der Waals surface area contributed by atoms with Crippen LogP contribution in [-0.2, 0) is 16.6 Å². The molecule has 0 atom stereocenters. The lowest BCUT2D eigenvalue weighted by molar-refractivity contribution is -0.133. The van der Waals surface area contributed by atoms with Crippen LogP contribution in [0.5, 0.6) is 11.5 Å². The molecule has 3 rings (SSSR count). The number of fused-ring (bicyclic) bond motifs is 1. The van der Waals surface area contributed by atoms with Crippen LogP contribution >= 0.6 is 0 Å². The van der Waals surface area contributed by atoms with E-state index in [2.05, 4.69) is 25.8 Å². The normalized spacial score (nSPS) is 11.5. The van der Waals surface area contributed by atoms with Gasteiger partial charge in [-0.05, 0) is 35.2 Å². The molecule has 0 radical (unpaired) electrons. The van der Waals surface area contributed by atoms with Crippen molar-refractivity contribution in [2.75, 3.05) is 7.11 Å². The predicted molar refractivity (Wildman–Crippen MR) is 99.3 cm³/mol. The summed E-state index contributed by atoms with van der Waals surface area (Å²) in [6.45, 7) is 6.25. The predicted octanol–water partition coefficient (Wildman–Crippen LogP) is 4.62. The lowest BCUT2D eigenvalue weighted by Crippen LogP contribution is -2.17. The second kappa shape index (κ2) is 6.63. The molecular formula is C21H23NO3. The summed E-state index contributed by atoms with van der Waals surface area (Å²) >= 11 is 0. The number of hydrogen-bond donors (Lipinski definition) is 1. The Labute approximate surface area is 147 Å².